The quantitative estimate of drug-likeness (QED) is 0.834. The van der Waals surface area contributed by atoms with Crippen molar-refractivity contribution in [2.24, 2.45) is 5.73 Å². The summed E-state index contributed by atoms with van der Waals surface area (Å²) < 4.78 is 26.0. The first-order chi connectivity index (χ1) is 7.63. The van der Waals surface area contributed by atoms with Crippen LogP contribution in [0.1, 0.15) is 18.4 Å². The fourth-order valence-corrected chi connectivity index (χ4v) is 2.20. The highest BCUT2D eigenvalue weighted by Gasteiger charge is 2.16. The lowest BCUT2D eigenvalue weighted by molar-refractivity contribution is 0.201. The van der Waals surface area contributed by atoms with Gasteiger partial charge in [0.1, 0.15) is 11.6 Å². The molecule has 2 N–H and O–H groups in total. The number of hydrogen-bond donors (Lipinski definition) is 1. The van der Waals surface area contributed by atoms with Crippen molar-refractivity contribution >= 4 is 0 Å². The minimum Gasteiger partial charge on any atom is -0.327 e. The average Bonchev–Trinajstić information content (AvgIpc) is 2.15. The van der Waals surface area contributed by atoms with E-state index in [1.165, 1.54) is 12.1 Å². The first-order valence-corrected chi connectivity index (χ1v) is 5.56. The summed E-state index contributed by atoms with van der Waals surface area (Å²) in [6, 6.07) is 3.84. The van der Waals surface area contributed by atoms with Gasteiger partial charge in [-0.2, -0.15) is 0 Å². The second-order valence-electron chi connectivity index (χ2n) is 4.42. The van der Waals surface area contributed by atoms with Gasteiger partial charge >= 0.3 is 0 Å². The molecule has 1 fully saturated rings. The summed E-state index contributed by atoms with van der Waals surface area (Å²) in [7, 11) is 0. The molecule has 1 aliphatic rings. The summed E-state index contributed by atoms with van der Waals surface area (Å²) in [5.74, 6) is -1.03. The first-order valence-electron chi connectivity index (χ1n) is 5.56. The molecule has 0 saturated carbocycles. The lowest BCUT2D eigenvalue weighted by atomic mass is 10.1. The molecule has 0 unspecified atom stereocenters. The van der Waals surface area contributed by atoms with Crippen molar-refractivity contribution in [3.05, 3.63) is 35.4 Å². The maximum atomic E-state index is 13.0. The van der Waals surface area contributed by atoms with Crippen molar-refractivity contribution in [1.29, 1.82) is 0 Å². The molecular weight excluding hydrogens is 210 g/mol. The molecule has 2 rings (SSSR count). The van der Waals surface area contributed by atoms with Gasteiger partial charge in [-0.25, -0.2) is 8.78 Å². The maximum Gasteiger partial charge on any atom is 0.126 e. The van der Waals surface area contributed by atoms with E-state index in [1.807, 2.05) is 0 Å². The molecule has 4 heteroatoms. The first kappa shape index (κ1) is 11.5. The van der Waals surface area contributed by atoms with E-state index in [1.54, 1.807) is 0 Å². The molecule has 1 aromatic rings. The fourth-order valence-electron chi connectivity index (χ4n) is 2.20. The molecule has 1 aromatic carbocycles. The average molecular weight is 226 g/mol. The molecular formula is C12H16F2N2. The molecule has 0 spiro atoms. The summed E-state index contributed by atoms with van der Waals surface area (Å²) in [6.45, 7) is 2.33. The van der Waals surface area contributed by atoms with Gasteiger partial charge in [-0.05, 0) is 37.1 Å². The Kier molecular flexibility index (Phi) is 3.51. The highest BCUT2D eigenvalue weighted by Crippen LogP contribution is 2.14. The van der Waals surface area contributed by atoms with Crippen molar-refractivity contribution in [2.75, 3.05) is 13.1 Å². The van der Waals surface area contributed by atoms with Crippen molar-refractivity contribution in [1.82, 2.24) is 4.90 Å². The van der Waals surface area contributed by atoms with Crippen LogP contribution >= 0.6 is 0 Å². The minimum absolute atomic E-state index is 0.187. The molecule has 1 saturated heterocycles. The molecule has 0 radical (unpaired) electrons. The molecule has 0 aliphatic carbocycles. The lowest BCUT2D eigenvalue weighted by Gasteiger charge is -2.30. The lowest BCUT2D eigenvalue weighted by Crippen LogP contribution is -2.42. The largest absolute Gasteiger partial charge is 0.327 e. The predicted octanol–water partition coefficient (Wildman–Crippen LogP) is 1.89. The number of likely N-dealkylation sites (tertiary alicyclic amines) is 1. The Labute approximate surface area is 94.0 Å². The number of hydrogen-bond acceptors (Lipinski definition) is 2. The Morgan fingerprint density at radius 2 is 1.94 bits per heavy atom. The van der Waals surface area contributed by atoms with Crippen molar-refractivity contribution in [3.63, 3.8) is 0 Å². The Morgan fingerprint density at radius 3 is 2.56 bits per heavy atom. The summed E-state index contributed by atoms with van der Waals surface area (Å²) >= 11 is 0. The second kappa shape index (κ2) is 4.89. The minimum atomic E-state index is -0.517. The summed E-state index contributed by atoms with van der Waals surface area (Å²) in [5.41, 5.74) is 6.52. The van der Waals surface area contributed by atoms with Crippen LogP contribution in [0.25, 0.3) is 0 Å². The molecule has 0 aromatic heterocycles. The number of benzene rings is 1. The number of rotatable bonds is 2. The van der Waals surface area contributed by atoms with E-state index in [0.717, 1.165) is 32.0 Å². The fraction of sp³-hybridized carbons (Fsp3) is 0.500. The number of nitrogens with zero attached hydrogens (tertiary/aromatic N) is 1. The topological polar surface area (TPSA) is 29.3 Å². The second-order valence-corrected chi connectivity index (χ2v) is 4.42. The zero-order valence-electron chi connectivity index (χ0n) is 9.13. The highest BCUT2D eigenvalue weighted by molar-refractivity contribution is 5.17. The third-order valence-corrected chi connectivity index (χ3v) is 2.87. The van der Waals surface area contributed by atoms with E-state index in [2.05, 4.69) is 4.90 Å². The van der Waals surface area contributed by atoms with Crippen LogP contribution < -0.4 is 5.73 Å². The third kappa shape index (κ3) is 3.00. The molecule has 16 heavy (non-hydrogen) atoms. The smallest absolute Gasteiger partial charge is 0.126 e. The van der Waals surface area contributed by atoms with Crippen molar-refractivity contribution in [2.45, 2.75) is 25.4 Å². The van der Waals surface area contributed by atoms with Crippen molar-refractivity contribution in [3.8, 4) is 0 Å². The molecule has 0 amide bonds. The van der Waals surface area contributed by atoms with Gasteiger partial charge in [0.25, 0.3) is 0 Å². The van der Waals surface area contributed by atoms with Gasteiger partial charge in [-0.1, -0.05) is 0 Å². The summed E-state index contributed by atoms with van der Waals surface area (Å²) in [6.07, 6.45) is 2.09. The summed E-state index contributed by atoms with van der Waals surface area (Å²) in [5, 5.41) is 0. The molecule has 1 atom stereocenters. The zero-order chi connectivity index (χ0) is 11.5. The van der Waals surface area contributed by atoms with Crippen LogP contribution in [-0.4, -0.2) is 24.0 Å². The Morgan fingerprint density at radius 1 is 1.25 bits per heavy atom. The summed E-state index contributed by atoms with van der Waals surface area (Å²) in [4.78, 5) is 2.14. The van der Waals surface area contributed by atoms with E-state index < -0.39 is 11.6 Å². The zero-order valence-corrected chi connectivity index (χ0v) is 9.13. The molecule has 88 valence electrons. The van der Waals surface area contributed by atoms with Crippen LogP contribution in [0, 0.1) is 11.6 Å². The van der Waals surface area contributed by atoms with Gasteiger partial charge < -0.3 is 5.73 Å². The predicted molar refractivity (Wildman–Crippen MR) is 58.8 cm³/mol. The SMILES string of the molecule is N[C@H]1CCCN(Cc2cc(F)cc(F)c2)C1. The third-order valence-electron chi connectivity index (χ3n) is 2.87. The Bertz CT molecular complexity index is 348. The van der Waals surface area contributed by atoms with E-state index in [0.29, 0.717) is 12.1 Å². The van der Waals surface area contributed by atoms with Gasteiger partial charge in [0.2, 0.25) is 0 Å². The molecule has 1 heterocycles. The molecule has 1 aliphatic heterocycles. The van der Waals surface area contributed by atoms with Gasteiger partial charge in [-0.15, -0.1) is 0 Å². The number of halogens is 2. The van der Waals surface area contributed by atoms with Gasteiger partial charge in [0.05, 0.1) is 0 Å². The van der Waals surface area contributed by atoms with Crippen LogP contribution in [0.15, 0.2) is 18.2 Å². The number of piperidine rings is 1. The van der Waals surface area contributed by atoms with E-state index >= 15 is 0 Å². The van der Waals surface area contributed by atoms with Crippen LogP contribution in [0.4, 0.5) is 8.78 Å². The van der Waals surface area contributed by atoms with E-state index in [-0.39, 0.29) is 6.04 Å². The van der Waals surface area contributed by atoms with Gasteiger partial charge in [-0.3, -0.25) is 4.90 Å². The van der Waals surface area contributed by atoms with Crippen LogP contribution in [0.3, 0.4) is 0 Å². The van der Waals surface area contributed by atoms with Crippen LogP contribution in [0.5, 0.6) is 0 Å². The Balaban J connectivity index is 2.02. The van der Waals surface area contributed by atoms with E-state index in [9.17, 15) is 8.78 Å². The van der Waals surface area contributed by atoms with Gasteiger partial charge in [0, 0.05) is 25.2 Å². The van der Waals surface area contributed by atoms with Crippen LogP contribution in [-0.2, 0) is 6.54 Å². The van der Waals surface area contributed by atoms with Gasteiger partial charge in [0.15, 0.2) is 0 Å². The number of nitrogens with two attached hydrogens (primary N) is 1. The molecule has 0 bridgehead atoms. The monoisotopic (exact) mass is 226 g/mol. The highest BCUT2D eigenvalue weighted by atomic mass is 19.1. The molecule has 2 nitrogen and oxygen atoms in total. The maximum absolute atomic E-state index is 13.0. The van der Waals surface area contributed by atoms with E-state index in [4.69, 9.17) is 5.73 Å². The normalized spacial score (nSPS) is 22.3. The Hall–Kier alpha value is -1.00. The standard InChI is InChI=1S/C12H16F2N2/c13-10-4-9(5-11(14)6-10)7-16-3-1-2-12(15)8-16/h4-6,12H,1-3,7-8,15H2/t12-/m0/s1. The van der Waals surface area contributed by atoms with Crippen LogP contribution in [0.2, 0.25) is 0 Å². The van der Waals surface area contributed by atoms with Crippen molar-refractivity contribution < 1.29 is 8.78 Å².